The Morgan fingerprint density at radius 2 is 1.93 bits per heavy atom. The van der Waals surface area contributed by atoms with Gasteiger partial charge in [-0.1, -0.05) is 24.6 Å². The van der Waals surface area contributed by atoms with Crippen LogP contribution in [0.5, 0.6) is 5.75 Å². The average Bonchev–Trinajstić information content (AvgIpc) is 2.60. The Bertz CT molecular complexity index is 922. The average molecular weight is 404 g/mol. The molecule has 6 heteroatoms. The number of hydrogen-bond donors (Lipinski definition) is 1. The van der Waals surface area contributed by atoms with Crippen LogP contribution >= 0.6 is 0 Å². The molecule has 1 unspecified atom stereocenters. The highest BCUT2D eigenvalue weighted by atomic mass is 32.2. The zero-order chi connectivity index (χ0) is 20.5. The summed E-state index contributed by atoms with van der Waals surface area (Å²) in [7, 11) is 0.139. The number of carbonyl (C=O) groups is 1. The van der Waals surface area contributed by atoms with Gasteiger partial charge in [0.05, 0.1) is 12.5 Å². The van der Waals surface area contributed by atoms with Crippen molar-refractivity contribution in [3.8, 4) is 16.9 Å². The number of ether oxygens (including phenoxy) is 1. The minimum absolute atomic E-state index is 0.201. The molecule has 0 heterocycles. The maximum atomic E-state index is 14.7. The highest BCUT2D eigenvalue weighted by Crippen LogP contribution is 2.45. The van der Waals surface area contributed by atoms with E-state index in [4.69, 9.17) is 4.74 Å². The molecule has 2 aromatic carbocycles. The van der Waals surface area contributed by atoms with E-state index in [2.05, 4.69) is 4.72 Å². The number of benzene rings is 2. The van der Waals surface area contributed by atoms with Crippen LogP contribution in [0.3, 0.4) is 0 Å². The first kappa shape index (κ1) is 20.5. The molecule has 3 rings (SSSR count). The first-order chi connectivity index (χ1) is 13.3. The number of methoxy groups -OCH3 is 1. The normalized spacial score (nSPS) is 15.6. The molecule has 28 heavy (non-hydrogen) atoms. The lowest BCUT2D eigenvalue weighted by atomic mass is 9.76. The van der Waals surface area contributed by atoms with E-state index in [1.54, 1.807) is 33.1 Å². The SMILES string of the molecule is COc1ccc(C(C)(C)C(=O)NS(C)=O)cc1-c1cccc(F)c1C1CCC1. The van der Waals surface area contributed by atoms with Crippen LogP contribution < -0.4 is 9.46 Å². The number of carbonyl (C=O) groups excluding carboxylic acids is 1. The van der Waals surface area contributed by atoms with Crippen LogP contribution in [-0.2, 0) is 21.2 Å². The molecule has 4 nitrogen and oxygen atoms in total. The first-order valence-corrected chi connectivity index (χ1v) is 10.9. The summed E-state index contributed by atoms with van der Waals surface area (Å²) >= 11 is 0. The smallest absolute Gasteiger partial charge is 0.241 e. The lowest BCUT2D eigenvalue weighted by molar-refractivity contribution is -0.123. The van der Waals surface area contributed by atoms with E-state index in [9.17, 15) is 13.4 Å². The summed E-state index contributed by atoms with van der Waals surface area (Å²) < 4.78 is 34.2. The van der Waals surface area contributed by atoms with Crippen LogP contribution in [0.1, 0.15) is 50.2 Å². The first-order valence-electron chi connectivity index (χ1n) is 9.37. The second kappa shape index (κ2) is 8.03. The fourth-order valence-electron chi connectivity index (χ4n) is 3.58. The van der Waals surface area contributed by atoms with Gasteiger partial charge >= 0.3 is 0 Å². The Morgan fingerprint density at radius 1 is 1.21 bits per heavy atom. The molecule has 1 fully saturated rings. The lowest BCUT2D eigenvalue weighted by Gasteiger charge is -2.29. The van der Waals surface area contributed by atoms with Crippen LogP contribution in [-0.4, -0.2) is 23.5 Å². The van der Waals surface area contributed by atoms with Gasteiger partial charge in [-0.15, -0.1) is 0 Å². The monoisotopic (exact) mass is 403 g/mol. The number of halogens is 1. The molecule has 0 aliphatic heterocycles. The zero-order valence-corrected chi connectivity index (χ0v) is 17.5. The molecule has 0 saturated heterocycles. The minimum atomic E-state index is -1.44. The predicted octanol–water partition coefficient (Wildman–Crippen LogP) is 4.46. The van der Waals surface area contributed by atoms with Gasteiger partial charge in [0.2, 0.25) is 5.91 Å². The van der Waals surface area contributed by atoms with Gasteiger partial charge in [0.25, 0.3) is 0 Å². The fourth-order valence-corrected chi connectivity index (χ4v) is 4.10. The van der Waals surface area contributed by atoms with Crippen molar-refractivity contribution in [3.05, 3.63) is 53.3 Å². The van der Waals surface area contributed by atoms with Crippen molar-refractivity contribution in [3.63, 3.8) is 0 Å². The van der Waals surface area contributed by atoms with E-state index in [-0.39, 0.29) is 17.6 Å². The van der Waals surface area contributed by atoms with Gasteiger partial charge < -0.3 is 4.74 Å². The van der Waals surface area contributed by atoms with Crippen molar-refractivity contribution in [2.45, 2.75) is 44.4 Å². The Balaban J connectivity index is 2.12. The van der Waals surface area contributed by atoms with E-state index >= 15 is 0 Å². The van der Waals surface area contributed by atoms with Crippen LogP contribution in [0.25, 0.3) is 11.1 Å². The van der Waals surface area contributed by atoms with E-state index in [1.807, 2.05) is 18.2 Å². The predicted molar refractivity (Wildman–Crippen MR) is 110 cm³/mol. The third kappa shape index (κ3) is 3.83. The van der Waals surface area contributed by atoms with Crippen molar-refractivity contribution in [1.82, 2.24) is 4.72 Å². The van der Waals surface area contributed by atoms with E-state index in [0.717, 1.165) is 41.5 Å². The van der Waals surface area contributed by atoms with Gasteiger partial charge in [-0.25, -0.2) is 8.60 Å². The molecule has 0 spiro atoms. The minimum Gasteiger partial charge on any atom is -0.496 e. The molecular weight excluding hydrogens is 377 g/mol. The van der Waals surface area contributed by atoms with Gasteiger partial charge in [0.1, 0.15) is 22.6 Å². The summed E-state index contributed by atoms with van der Waals surface area (Å²) in [6, 6.07) is 10.6. The second-order valence-corrected chi connectivity index (χ2v) is 8.87. The molecule has 1 atom stereocenters. The summed E-state index contributed by atoms with van der Waals surface area (Å²) in [5, 5.41) is 0. The highest BCUT2D eigenvalue weighted by molar-refractivity contribution is 7.82. The largest absolute Gasteiger partial charge is 0.496 e. The van der Waals surface area contributed by atoms with Crippen molar-refractivity contribution < 1.29 is 18.1 Å². The van der Waals surface area contributed by atoms with Crippen molar-refractivity contribution >= 4 is 16.9 Å². The Hall–Kier alpha value is -2.21. The molecule has 150 valence electrons. The van der Waals surface area contributed by atoms with Crippen LogP contribution in [0.4, 0.5) is 4.39 Å². The van der Waals surface area contributed by atoms with Crippen LogP contribution in [0.2, 0.25) is 0 Å². The molecule has 1 aliphatic carbocycles. The third-order valence-corrected chi connectivity index (χ3v) is 6.05. The molecule has 0 radical (unpaired) electrons. The van der Waals surface area contributed by atoms with Gasteiger partial charge in [-0.2, -0.15) is 0 Å². The highest BCUT2D eigenvalue weighted by Gasteiger charge is 2.32. The van der Waals surface area contributed by atoms with Gasteiger partial charge in [0.15, 0.2) is 0 Å². The molecule has 1 saturated carbocycles. The zero-order valence-electron chi connectivity index (χ0n) is 16.7. The van der Waals surface area contributed by atoms with Gasteiger partial charge in [-0.3, -0.25) is 9.52 Å². The number of amides is 1. The fraction of sp³-hybridized carbons (Fsp3) is 0.409. The second-order valence-electron chi connectivity index (χ2n) is 7.75. The molecule has 1 N–H and O–H groups in total. The summed E-state index contributed by atoms with van der Waals surface area (Å²) in [4.78, 5) is 12.6. The molecular formula is C22H26FNO3S. The Labute approximate surface area is 168 Å². The van der Waals surface area contributed by atoms with E-state index in [0.29, 0.717) is 5.75 Å². The standard InChI is InChI=1S/C22H26FNO3S/c1-22(2,21(25)24-28(4)26)15-11-12-19(27-3)17(13-15)16-9-6-10-18(23)20(16)14-7-5-8-14/h6,9-14H,5,7-8H2,1-4H3,(H,24,25). The van der Waals surface area contributed by atoms with Gasteiger partial charge in [0, 0.05) is 11.8 Å². The topological polar surface area (TPSA) is 55.4 Å². The summed E-state index contributed by atoms with van der Waals surface area (Å²) in [5.74, 6) is 0.310. The molecule has 0 bridgehead atoms. The maximum absolute atomic E-state index is 14.7. The maximum Gasteiger partial charge on any atom is 0.241 e. The number of rotatable bonds is 6. The van der Waals surface area contributed by atoms with Crippen molar-refractivity contribution in [2.75, 3.05) is 13.4 Å². The number of nitrogens with one attached hydrogen (secondary N) is 1. The Morgan fingerprint density at radius 3 is 2.50 bits per heavy atom. The van der Waals surface area contributed by atoms with Crippen molar-refractivity contribution in [2.24, 2.45) is 0 Å². The van der Waals surface area contributed by atoms with Crippen LogP contribution in [0, 0.1) is 5.82 Å². The molecule has 0 aromatic heterocycles. The van der Waals surface area contributed by atoms with E-state index in [1.165, 1.54) is 12.3 Å². The molecule has 1 amide bonds. The summed E-state index contributed by atoms with van der Waals surface area (Å²) in [6.45, 7) is 3.55. The van der Waals surface area contributed by atoms with Crippen LogP contribution in [0.15, 0.2) is 36.4 Å². The third-order valence-electron chi connectivity index (χ3n) is 5.58. The summed E-state index contributed by atoms with van der Waals surface area (Å²) in [6.07, 6.45) is 4.49. The Kier molecular flexibility index (Phi) is 5.89. The molecule has 1 aliphatic rings. The quantitative estimate of drug-likeness (QED) is 0.775. The lowest BCUT2D eigenvalue weighted by Crippen LogP contribution is -2.40. The number of hydrogen-bond acceptors (Lipinski definition) is 3. The van der Waals surface area contributed by atoms with E-state index < -0.39 is 16.4 Å². The summed E-state index contributed by atoms with van der Waals surface area (Å²) in [5.41, 5.74) is 2.13. The molecule has 2 aromatic rings. The van der Waals surface area contributed by atoms with Gasteiger partial charge in [-0.05, 0) is 67.5 Å². The van der Waals surface area contributed by atoms with Crippen molar-refractivity contribution in [1.29, 1.82) is 0 Å².